The van der Waals surface area contributed by atoms with Crippen LogP contribution in [0.4, 0.5) is 0 Å². The molecule has 1 saturated carbocycles. The summed E-state index contributed by atoms with van der Waals surface area (Å²) in [6.45, 7) is 0.661. The van der Waals surface area contributed by atoms with Crippen molar-refractivity contribution in [3.8, 4) is 0 Å². The minimum atomic E-state index is -0.587. The van der Waals surface area contributed by atoms with Gasteiger partial charge in [-0.1, -0.05) is 50.3 Å². The highest BCUT2D eigenvalue weighted by Crippen LogP contribution is 2.29. The molecule has 1 aromatic carbocycles. The van der Waals surface area contributed by atoms with Gasteiger partial charge in [-0.2, -0.15) is 0 Å². The lowest BCUT2D eigenvalue weighted by atomic mass is 9.84. The van der Waals surface area contributed by atoms with Gasteiger partial charge >= 0.3 is 0 Å². The van der Waals surface area contributed by atoms with Gasteiger partial charge in [0.15, 0.2) is 0 Å². The predicted octanol–water partition coefficient (Wildman–Crippen LogP) is 3.02. The first-order chi connectivity index (χ1) is 18.0. The highest BCUT2D eigenvalue weighted by Gasteiger charge is 2.29. The van der Waals surface area contributed by atoms with Crippen LogP contribution in [0, 0.1) is 11.8 Å². The summed E-state index contributed by atoms with van der Waals surface area (Å²) in [5.41, 5.74) is 2.13. The summed E-state index contributed by atoms with van der Waals surface area (Å²) in [4.78, 5) is 48.2. The van der Waals surface area contributed by atoms with E-state index in [0.29, 0.717) is 36.7 Å². The van der Waals surface area contributed by atoms with E-state index < -0.39 is 12.1 Å². The standard InChI is InChI=1S/C29H34N4O4/c1-33-27-10-6-5-9-22(27)17-28(33)29(37)32-24(15-20-7-3-2-4-8-20)26(19-36)31-23(12-14-34)16-21-11-13-30-25(21)18-35/h5-6,9-10,12,17,20-21,23-24,30-31H,2-4,7-8,11,13,15-16H2,1H3,(H,32,37)/t21-,23?,24?/m0/s1. The molecular weight excluding hydrogens is 468 g/mol. The molecular formula is C29H34N4O4. The Morgan fingerprint density at radius 1 is 1.11 bits per heavy atom. The predicted molar refractivity (Wildman–Crippen MR) is 142 cm³/mol. The molecule has 1 aliphatic heterocycles. The Kier molecular flexibility index (Phi) is 8.81. The van der Waals surface area contributed by atoms with Crippen LogP contribution >= 0.6 is 0 Å². The number of amides is 1. The third-order valence-corrected chi connectivity index (χ3v) is 7.72. The number of hydrogen-bond acceptors (Lipinski definition) is 6. The van der Waals surface area contributed by atoms with Gasteiger partial charge in [-0.3, -0.25) is 4.79 Å². The van der Waals surface area contributed by atoms with E-state index in [1.54, 1.807) is 0 Å². The number of nitrogens with zero attached hydrogens (tertiary/aromatic N) is 1. The van der Waals surface area contributed by atoms with Gasteiger partial charge in [0.25, 0.3) is 5.91 Å². The van der Waals surface area contributed by atoms with Crippen LogP contribution in [0.1, 0.15) is 61.9 Å². The topological polar surface area (TPSA) is 109 Å². The van der Waals surface area contributed by atoms with Gasteiger partial charge in [0.2, 0.25) is 0 Å². The van der Waals surface area contributed by atoms with E-state index in [0.717, 1.165) is 43.0 Å². The number of carbonyl (C=O) groups is 1. The van der Waals surface area contributed by atoms with Crippen molar-refractivity contribution in [3.05, 3.63) is 53.5 Å². The van der Waals surface area contributed by atoms with Crippen molar-refractivity contribution in [2.24, 2.45) is 18.9 Å². The fourth-order valence-corrected chi connectivity index (χ4v) is 5.73. The maximum Gasteiger partial charge on any atom is 0.268 e. The molecule has 4 rings (SSSR count). The van der Waals surface area contributed by atoms with Crippen LogP contribution in [0.2, 0.25) is 0 Å². The zero-order valence-corrected chi connectivity index (χ0v) is 21.2. The lowest BCUT2D eigenvalue weighted by molar-refractivity contribution is 0.0927. The fraction of sp³-hybridized carbons (Fsp3) is 0.483. The molecule has 8 heteroatoms. The second-order valence-electron chi connectivity index (χ2n) is 10.1. The van der Waals surface area contributed by atoms with Gasteiger partial charge < -0.3 is 20.5 Å². The Morgan fingerprint density at radius 3 is 2.59 bits per heavy atom. The average Bonchev–Trinajstić information content (AvgIpc) is 3.51. The number of hydrogen-bond donors (Lipinski definition) is 3. The number of benzene rings is 1. The second kappa shape index (κ2) is 12.4. The first kappa shape index (κ1) is 26.2. The molecule has 1 saturated heterocycles. The highest BCUT2D eigenvalue weighted by atomic mass is 16.2. The molecule has 1 aliphatic carbocycles. The van der Waals surface area contributed by atoms with E-state index >= 15 is 0 Å². The largest absolute Gasteiger partial charge is 0.379 e. The monoisotopic (exact) mass is 502 g/mol. The molecule has 37 heavy (non-hydrogen) atoms. The first-order valence-electron chi connectivity index (χ1n) is 13.1. The summed E-state index contributed by atoms with van der Waals surface area (Å²) >= 11 is 0. The van der Waals surface area contributed by atoms with Crippen LogP contribution in [0.15, 0.2) is 47.8 Å². The van der Waals surface area contributed by atoms with Crippen LogP contribution in [-0.2, 0) is 21.4 Å². The molecule has 2 heterocycles. The molecule has 3 atom stereocenters. The lowest BCUT2D eigenvalue weighted by Crippen LogP contribution is -2.45. The molecule has 3 N–H and O–H groups in total. The molecule has 2 aliphatic rings. The third kappa shape index (κ3) is 6.31. The Balaban J connectivity index is 1.56. The molecule has 194 valence electrons. The quantitative estimate of drug-likeness (QED) is 0.431. The molecule has 2 unspecified atom stereocenters. The van der Waals surface area contributed by atoms with Gasteiger partial charge in [-0.05, 0) is 37.3 Å². The zero-order chi connectivity index (χ0) is 26.2. The van der Waals surface area contributed by atoms with Crippen molar-refractivity contribution in [1.29, 1.82) is 0 Å². The number of nitrogens with one attached hydrogen (secondary N) is 3. The number of fused-ring (bicyclic) bond motifs is 1. The molecule has 2 fully saturated rings. The number of rotatable bonds is 10. The molecule has 0 bridgehead atoms. The first-order valence-corrected chi connectivity index (χ1v) is 13.1. The van der Waals surface area contributed by atoms with Crippen LogP contribution in [0.3, 0.4) is 0 Å². The van der Waals surface area contributed by atoms with Gasteiger partial charge in [0.1, 0.15) is 29.2 Å². The van der Waals surface area contributed by atoms with Gasteiger partial charge in [-0.25, -0.2) is 14.4 Å². The van der Waals surface area contributed by atoms with E-state index in [9.17, 15) is 19.2 Å². The number of para-hydroxylation sites is 1. The summed E-state index contributed by atoms with van der Waals surface area (Å²) in [7, 11) is 1.85. The number of carbonyl (C=O) groups excluding carboxylic acids is 4. The maximum atomic E-state index is 13.5. The van der Waals surface area contributed by atoms with Crippen molar-refractivity contribution in [1.82, 2.24) is 20.5 Å². The molecule has 1 amide bonds. The minimum absolute atomic E-state index is 0.102. The Bertz CT molecular complexity index is 1270. The SMILES string of the molecule is Cn1c(C(=O)NC(CC2CCCCC2)C(=C=O)NC(C=C=O)C[C@@H]2CCNC2=C=O)cc2ccccc21. The smallest absolute Gasteiger partial charge is 0.268 e. The Labute approximate surface area is 216 Å². The summed E-state index contributed by atoms with van der Waals surface area (Å²) in [5.74, 6) is 5.76. The Morgan fingerprint density at radius 2 is 1.89 bits per heavy atom. The number of aromatic nitrogens is 1. The van der Waals surface area contributed by atoms with Crippen LogP contribution in [-0.4, -0.2) is 46.9 Å². The minimum Gasteiger partial charge on any atom is -0.379 e. The van der Waals surface area contributed by atoms with Crippen LogP contribution in [0.5, 0.6) is 0 Å². The van der Waals surface area contributed by atoms with E-state index in [1.165, 1.54) is 12.5 Å². The van der Waals surface area contributed by atoms with Gasteiger partial charge in [0, 0.05) is 36.5 Å². The summed E-state index contributed by atoms with van der Waals surface area (Å²) in [6, 6.07) is 8.50. The summed E-state index contributed by atoms with van der Waals surface area (Å²) in [6.07, 6.45) is 8.65. The van der Waals surface area contributed by atoms with Crippen molar-refractivity contribution >= 4 is 34.6 Å². The molecule has 8 nitrogen and oxygen atoms in total. The fourth-order valence-electron chi connectivity index (χ4n) is 5.73. The van der Waals surface area contributed by atoms with E-state index in [1.807, 2.05) is 59.8 Å². The molecule has 1 aromatic heterocycles. The van der Waals surface area contributed by atoms with Crippen LogP contribution in [0.25, 0.3) is 10.9 Å². The van der Waals surface area contributed by atoms with Gasteiger partial charge in [-0.15, -0.1) is 0 Å². The van der Waals surface area contributed by atoms with E-state index in [-0.39, 0.29) is 17.5 Å². The van der Waals surface area contributed by atoms with Crippen molar-refractivity contribution < 1.29 is 19.2 Å². The van der Waals surface area contributed by atoms with Gasteiger partial charge in [0.05, 0.1) is 17.8 Å². The van der Waals surface area contributed by atoms with Crippen molar-refractivity contribution in [3.63, 3.8) is 0 Å². The zero-order valence-electron chi connectivity index (χ0n) is 21.2. The average molecular weight is 503 g/mol. The Hall–Kier alpha value is -3.82. The number of aryl methyl sites for hydroxylation is 1. The number of allylic oxidation sites excluding steroid dienone is 1. The van der Waals surface area contributed by atoms with Crippen molar-refractivity contribution in [2.75, 3.05) is 6.54 Å². The van der Waals surface area contributed by atoms with Crippen molar-refractivity contribution in [2.45, 2.75) is 63.5 Å². The maximum absolute atomic E-state index is 13.5. The summed E-state index contributed by atoms with van der Waals surface area (Å²) < 4.78 is 1.85. The molecule has 0 spiro atoms. The summed E-state index contributed by atoms with van der Waals surface area (Å²) in [5, 5.41) is 10.2. The lowest BCUT2D eigenvalue weighted by Gasteiger charge is -2.29. The van der Waals surface area contributed by atoms with E-state index in [2.05, 4.69) is 16.0 Å². The highest BCUT2D eigenvalue weighted by molar-refractivity contribution is 5.99. The normalized spacial score (nSPS) is 19.2. The molecule has 0 radical (unpaired) electrons. The molecule has 2 aromatic rings. The second-order valence-corrected chi connectivity index (χ2v) is 10.1. The third-order valence-electron chi connectivity index (χ3n) is 7.72. The van der Waals surface area contributed by atoms with Crippen LogP contribution < -0.4 is 16.0 Å². The van der Waals surface area contributed by atoms with E-state index in [4.69, 9.17) is 0 Å².